The first-order valence-corrected chi connectivity index (χ1v) is 6.95. The average molecular weight is 270 g/mol. The molecule has 0 unspecified atom stereocenters. The second-order valence-electron chi connectivity index (χ2n) is 3.95. The Bertz CT molecular complexity index is 484. The van der Waals surface area contributed by atoms with Gasteiger partial charge >= 0.3 is 13.6 Å². The number of hydrogen-bond donors (Lipinski definition) is 2. The highest BCUT2D eigenvalue weighted by atomic mass is 31.2. The molecule has 18 heavy (non-hydrogen) atoms. The Kier molecular flexibility index (Phi) is 4.84. The van der Waals surface area contributed by atoms with Crippen LogP contribution in [0.15, 0.2) is 30.3 Å². The molecule has 0 aliphatic heterocycles. The normalized spacial score (nSPS) is 12.1. The van der Waals surface area contributed by atoms with Gasteiger partial charge in [0.25, 0.3) is 0 Å². The number of ether oxygens (including phenoxy) is 1. The maximum atomic E-state index is 11.2. The van der Waals surface area contributed by atoms with E-state index in [1.807, 2.05) is 0 Å². The summed E-state index contributed by atoms with van der Waals surface area (Å²) in [5.74, 6) is -0.455. The van der Waals surface area contributed by atoms with Gasteiger partial charge in [0, 0.05) is 6.08 Å². The summed E-state index contributed by atoms with van der Waals surface area (Å²) >= 11 is 0. The van der Waals surface area contributed by atoms with Gasteiger partial charge in [0.05, 0.1) is 11.4 Å². The molecule has 0 fully saturated rings. The summed E-state index contributed by atoms with van der Waals surface area (Å²) in [6, 6.07) is 5.70. The molecule has 0 aliphatic rings. The molecule has 98 valence electrons. The fraction of sp³-hybridized carbons (Fsp3) is 0.250. The van der Waals surface area contributed by atoms with E-state index in [4.69, 9.17) is 14.5 Å². The molecule has 0 bridgehead atoms. The first kappa shape index (κ1) is 14.6. The lowest BCUT2D eigenvalue weighted by Gasteiger charge is -2.04. The van der Waals surface area contributed by atoms with E-state index in [2.05, 4.69) is 0 Å². The van der Waals surface area contributed by atoms with E-state index in [9.17, 15) is 9.36 Å². The van der Waals surface area contributed by atoms with Crippen LogP contribution in [0.5, 0.6) is 0 Å². The Morgan fingerprint density at radius 1 is 1.28 bits per heavy atom. The quantitative estimate of drug-likeness (QED) is 0.491. The van der Waals surface area contributed by atoms with Gasteiger partial charge in [-0.3, -0.25) is 4.57 Å². The molecular weight excluding hydrogens is 255 g/mol. The minimum atomic E-state index is -4.21. The lowest BCUT2D eigenvalue weighted by molar-refractivity contribution is -0.141. The van der Waals surface area contributed by atoms with E-state index in [-0.39, 0.29) is 11.4 Å². The smallest absolute Gasteiger partial charge is 0.356 e. The second kappa shape index (κ2) is 5.96. The van der Waals surface area contributed by atoms with Crippen LogP contribution in [0.1, 0.15) is 19.4 Å². The van der Waals surface area contributed by atoms with Crippen molar-refractivity contribution < 1.29 is 23.9 Å². The standard InChI is InChI=1S/C12H15O5P/c1-9(2)17-12(13)8-5-10-3-6-11(7-4-10)18(14,15)16/h3-9H,1-2H3,(H2,14,15,16)/b8-5+. The maximum absolute atomic E-state index is 11.2. The Hall–Kier alpha value is -1.42. The van der Waals surface area contributed by atoms with Crippen molar-refractivity contribution in [2.24, 2.45) is 0 Å². The van der Waals surface area contributed by atoms with Crippen molar-refractivity contribution >= 4 is 24.9 Å². The fourth-order valence-corrected chi connectivity index (χ4v) is 1.75. The van der Waals surface area contributed by atoms with E-state index in [1.165, 1.54) is 36.4 Å². The van der Waals surface area contributed by atoms with E-state index < -0.39 is 13.6 Å². The van der Waals surface area contributed by atoms with Crippen molar-refractivity contribution in [3.8, 4) is 0 Å². The van der Waals surface area contributed by atoms with Gasteiger partial charge in [-0.05, 0) is 37.6 Å². The van der Waals surface area contributed by atoms with Crippen molar-refractivity contribution in [1.29, 1.82) is 0 Å². The third-order valence-electron chi connectivity index (χ3n) is 1.99. The molecule has 0 saturated carbocycles. The molecule has 2 N–H and O–H groups in total. The minimum absolute atomic E-state index is 0.0515. The van der Waals surface area contributed by atoms with E-state index in [0.717, 1.165) is 0 Å². The molecule has 0 heterocycles. The van der Waals surface area contributed by atoms with Gasteiger partial charge in [-0.15, -0.1) is 0 Å². The molecule has 5 nitrogen and oxygen atoms in total. The van der Waals surface area contributed by atoms with Crippen molar-refractivity contribution in [2.75, 3.05) is 0 Å². The highest BCUT2D eigenvalue weighted by Gasteiger charge is 2.15. The molecule has 1 aromatic rings. The zero-order valence-corrected chi connectivity index (χ0v) is 11.0. The zero-order chi connectivity index (χ0) is 13.8. The minimum Gasteiger partial charge on any atom is -0.460 e. The molecule has 0 aromatic heterocycles. The topological polar surface area (TPSA) is 83.8 Å². The molecule has 1 rings (SSSR count). The van der Waals surface area contributed by atoms with Crippen LogP contribution in [0.4, 0.5) is 0 Å². The van der Waals surface area contributed by atoms with Gasteiger partial charge < -0.3 is 14.5 Å². The number of carbonyl (C=O) groups excluding carboxylic acids is 1. The number of carbonyl (C=O) groups is 1. The van der Waals surface area contributed by atoms with Gasteiger partial charge in [-0.1, -0.05) is 12.1 Å². The van der Waals surface area contributed by atoms with E-state index in [0.29, 0.717) is 5.56 Å². The Morgan fingerprint density at radius 2 is 1.83 bits per heavy atom. The molecular formula is C12H15O5P. The number of rotatable bonds is 4. The molecule has 0 spiro atoms. The number of benzene rings is 1. The third kappa shape index (κ3) is 4.84. The summed E-state index contributed by atoms with van der Waals surface area (Å²) in [6.45, 7) is 3.50. The van der Waals surface area contributed by atoms with Crippen LogP contribution in [-0.2, 0) is 14.1 Å². The maximum Gasteiger partial charge on any atom is 0.356 e. The highest BCUT2D eigenvalue weighted by molar-refractivity contribution is 7.60. The van der Waals surface area contributed by atoms with Crippen LogP contribution in [0.3, 0.4) is 0 Å². The molecule has 6 heteroatoms. The zero-order valence-electron chi connectivity index (χ0n) is 10.1. The lowest BCUT2D eigenvalue weighted by atomic mass is 10.2. The molecule has 0 radical (unpaired) electrons. The molecule has 0 aliphatic carbocycles. The molecule has 0 amide bonds. The summed E-state index contributed by atoms with van der Waals surface area (Å²) in [5.41, 5.74) is 0.660. The van der Waals surface area contributed by atoms with Crippen LogP contribution >= 0.6 is 7.60 Å². The number of esters is 1. The van der Waals surface area contributed by atoms with Gasteiger partial charge in [0.1, 0.15) is 0 Å². The van der Waals surface area contributed by atoms with Crippen molar-refractivity contribution in [2.45, 2.75) is 20.0 Å². The Morgan fingerprint density at radius 3 is 2.28 bits per heavy atom. The van der Waals surface area contributed by atoms with E-state index >= 15 is 0 Å². The van der Waals surface area contributed by atoms with Crippen LogP contribution in [0, 0.1) is 0 Å². The first-order valence-electron chi connectivity index (χ1n) is 5.34. The van der Waals surface area contributed by atoms with Gasteiger partial charge in [-0.2, -0.15) is 0 Å². The van der Waals surface area contributed by atoms with Crippen LogP contribution in [-0.4, -0.2) is 21.9 Å². The summed E-state index contributed by atoms with van der Waals surface area (Å²) in [4.78, 5) is 29.1. The Balaban J connectivity index is 2.73. The largest absolute Gasteiger partial charge is 0.460 e. The summed E-state index contributed by atoms with van der Waals surface area (Å²) in [7, 11) is -4.21. The SMILES string of the molecule is CC(C)OC(=O)/C=C/c1ccc(P(=O)(O)O)cc1. The van der Waals surface area contributed by atoms with Gasteiger partial charge in [0.15, 0.2) is 0 Å². The monoisotopic (exact) mass is 270 g/mol. The predicted octanol–water partition coefficient (Wildman–Crippen LogP) is 1.45. The van der Waals surface area contributed by atoms with E-state index in [1.54, 1.807) is 13.8 Å². The summed E-state index contributed by atoms with van der Waals surface area (Å²) in [6.07, 6.45) is 2.61. The average Bonchev–Trinajstić information content (AvgIpc) is 2.25. The molecule has 0 atom stereocenters. The summed E-state index contributed by atoms with van der Waals surface area (Å²) in [5, 5.41) is -0.0515. The molecule has 0 saturated heterocycles. The summed E-state index contributed by atoms with van der Waals surface area (Å²) < 4.78 is 15.8. The van der Waals surface area contributed by atoms with Gasteiger partial charge in [0.2, 0.25) is 0 Å². The van der Waals surface area contributed by atoms with Crippen LogP contribution in [0.2, 0.25) is 0 Å². The fourth-order valence-electron chi connectivity index (χ4n) is 1.22. The van der Waals surface area contributed by atoms with Crippen molar-refractivity contribution in [3.05, 3.63) is 35.9 Å². The van der Waals surface area contributed by atoms with Crippen molar-refractivity contribution in [3.63, 3.8) is 0 Å². The number of hydrogen-bond acceptors (Lipinski definition) is 3. The predicted molar refractivity (Wildman–Crippen MR) is 68.4 cm³/mol. The Labute approximate surface area is 105 Å². The first-order chi connectivity index (χ1) is 8.29. The lowest BCUT2D eigenvalue weighted by Crippen LogP contribution is -2.08. The van der Waals surface area contributed by atoms with Crippen molar-refractivity contribution in [1.82, 2.24) is 0 Å². The van der Waals surface area contributed by atoms with Crippen LogP contribution in [0.25, 0.3) is 6.08 Å². The van der Waals surface area contributed by atoms with Crippen LogP contribution < -0.4 is 5.30 Å². The third-order valence-corrected chi connectivity index (χ3v) is 2.96. The molecule has 1 aromatic carbocycles. The van der Waals surface area contributed by atoms with Gasteiger partial charge in [-0.25, -0.2) is 4.79 Å². The highest BCUT2D eigenvalue weighted by Crippen LogP contribution is 2.32. The second-order valence-corrected chi connectivity index (χ2v) is 5.56.